The summed E-state index contributed by atoms with van der Waals surface area (Å²) in [6.45, 7) is 7.19. The zero-order chi connectivity index (χ0) is 13.1. The van der Waals surface area contributed by atoms with Gasteiger partial charge in [0.25, 0.3) is 5.91 Å². The van der Waals surface area contributed by atoms with E-state index < -0.39 is 0 Å². The van der Waals surface area contributed by atoms with Gasteiger partial charge in [-0.25, -0.2) is 0 Å². The molecule has 0 aliphatic rings. The van der Waals surface area contributed by atoms with Crippen molar-refractivity contribution < 1.29 is 4.79 Å². The van der Waals surface area contributed by atoms with Crippen LogP contribution in [0.15, 0.2) is 5.38 Å². The van der Waals surface area contributed by atoms with Gasteiger partial charge in [0.05, 0.1) is 0 Å². The van der Waals surface area contributed by atoms with Crippen LogP contribution >= 0.6 is 11.5 Å². The van der Waals surface area contributed by atoms with Crippen molar-refractivity contribution in [1.82, 2.24) is 19.8 Å². The number of carbonyl (C=O) groups is 1. The molecule has 17 heavy (non-hydrogen) atoms. The zero-order valence-electron chi connectivity index (χ0n) is 11.0. The van der Waals surface area contributed by atoms with Crippen molar-refractivity contribution in [3.63, 3.8) is 0 Å². The van der Waals surface area contributed by atoms with E-state index in [1.807, 2.05) is 21.0 Å². The van der Waals surface area contributed by atoms with Crippen LogP contribution in [0.3, 0.4) is 0 Å². The maximum Gasteiger partial charge on any atom is 0.272 e. The monoisotopic (exact) mass is 256 g/mol. The summed E-state index contributed by atoms with van der Waals surface area (Å²) in [5.74, 6) is -0.155. The Balaban J connectivity index is 2.59. The van der Waals surface area contributed by atoms with Crippen molar-refractivity contribution in [3.8, 4) is 0 Å². The van der Waals surface area contributed by atoms with Crippen LogP contribution in [-0.4, -0.2) is 47.1 Å². The number of aromatic nitrogens is 2. The third-order valence-electron chi connectivity index (χ3n) is 2.84. The summed E-state index contributed by atoms with van der Waals surface area (Å²) in [5, 5.41) is 8.38. The van der Waals surface area contributed by atoms with Crippen LogP contribution in [0.4, 0.5) is 0 Å². The Hall–Kier alpha value is -1.01. The molecular weight excluding hydrogens is 236 g/mol. The lowest BCUT2D eigenvalue weighted by Gasteiger charge is -2.34. The summed E-state index contributed by atoms with van der Waals surface area (Å²) in [7, 11) is 4.06. The molecule has 0 aliphatic carbocycles. The van der Waals surface area contributed by atoms with Gasteiger partial charge in [0, 0.05) is 18.0 Å². The topological polar surface area (TPSA) is 58.1 Å². The second kappa shape index (κ2) is 5.55. The van der Waals surface area contributed by atoms with Crippen LogP contribution in [0.2, 0.25) is 0 Å². The van der Waals surface area contributed by atoms with Crippen LogP contribution < -0.4 is 5.32 Å². The largest absolute Gasteiger partial charge is 0.348 e. The van der Waals surface area contributed by atoms with Crippen molar-refractivity contribution in [2.45, 2.75) is 26.8 Å². The molecule has 5 nitrogen and oxygen atoms in total. The highest BCUT2D eigenvalue weighted by Crippen LogP contribution is 2.21. The number of nitrogens with zero attached hydrogens (tertiary/aromatic N) is 3. The van der Waals surface area contributed by atoms with E-state index in [-0.39, 0.29) is 17.4 Å². The summed E-state index contributed by atoms with van der Waals surface area (Å²) >= 11 is 1.18. The first-order valence-electron chi connectivity index (χ1n) is 5.55. The fourth-order valence-electron chi connectivity index (χ4n) is 1.68. The van der Waals surface area contributed by atoms with E-state index in [0.29, 0.717) is 5.69 Å². The van der Waals surface area contributed by atoms with E-state index in [9.17, 15) is 4.79 Å². The van der Waals surface area contributed by atoms with E-state index >= 15 is 0 Å². The summed E-state index contributed by atoms with van der Waals surface area (Å²) in [4.78, 5) is 13.9. The highest BCUT2D eigenvalue weighted by molar-refractivity contribution is 7.03. The molecule has 0 bridgehead atoms. The van der Waals surface area contributed by atoms with Crippen LogP contribution in [0.1, 0.15) is 31.3 Å². The highest BCUT2D eigenvalue weighted by Gasteiger charge is 2.28. The molecule has 1 amide bonds. The Kier molecular flexibility index (Phi) is 4.59. The number of carbonyl (C=O) groups excluding carboxylic acids is 1. The normalized spacial score (nSPS) is 13.8. The first-order chi connectivity index (χ1) is 7.83. The van der Waals surface area contributed by atoms with Crippen molar-refractivity contribution >= 4 is 17.4 Å². The van der Waals surface area contributed by atoms with E-state index in [1.165, 1.54) is 11.5 Å². The predicted octanol–water partition coefficient (Wildman–Crippen LogP) is 1.24. The third-order valence-corrected chi connectivity index (χ3v) is 3.34. The van der Waals surface area contributed by atoms with Gasteiger partial charge in [-0.15, -0.1) is 5.10 Å². The second-order valence-electron chi connectivity index (χ2n) is 5.21. The fourth-order valence-corrected chi connectivity index (χ4v) is 2.12. The lowest BCUT2D eigenvalue weighted by molar-refractivity contribution is 0.0880. The van der Waals surface area contributed by atoms with Gasteiger partial charge in [-0.3, -0.25) is 4.79 Å². The fraction of sp³-hybridized carbons (Fsp3) is 0.727. The Morgan fingerprint density at radius 2 is 2.24 bits per heavy atom. The van der Waals surface area contributed by atoms with Gasteiger partial charge < -0.3 is 10.2 Å². The predicted molar refractivity (Wildman–Crippen MR) is 69.2 cm³/mol. The molecule has 1 rings (SSSR count). The molecule has 0 aliphatic heterocycles. The number of hydrogen-bond acceptors (Lipinski definition) is 5. The minimum atomic E-state index is -0.155. The molecule has 1 aromatic heterocycles. The Morgan fingerprint density at radius 3 is 2.71 bits per heavy atom. The highest BCUT2D eigenvalue weighted by atomic mass is 32.1. The third kappa shape index (κ3) is 4.05. The maximum atomic E-state index is 11.8. The van der Waals surface area contributed by atoms with Gasteiger partial charge in [0.15, 0.2) is 5.69 Å². The van der Waals surface area contributed by atoms with Crippen molar-refractivity contribution in [2.24, 2.45) is 5.41 Å². The Labute approximate surface area is 106 Å². The van der Waals surface area contributed by atoms with Gasteiger partial charge in [0.2, 0.25) is 0 Å². The van der Waals surface area contributed by atoms with Gasteiger partial charge in [-0.1, -0.05) is 18.3 Å². The average Bonchev–Trinajstić information content (AvgIpc) is 2.67. The molecule has 0 saturated heterocycles. The van der Waals surface area contributed by atoms with Crippen molar-refractivity contribution in [2.75, 3.05) is 20.6 Å². The van der Waals surface area contributed by atoms with Crippen molar-refractivity contribution in [1.29, 1.82) is 0 Å². The summed E-state index contributed by atoms with van der Waals surface area (Å²) in [6, 6.07) is 0.0686. The Morgan fingerprint density at radius 1 is 1.59 bits per heavy atom. The number of hydrogen-bond donors (Lipinski definition) is 1. The summed E-state index contributed by atoms with van der Waals surface area (Å²) < 4.78 is 3.68. The molecule has 1 aromatic rings. The molecule has 0 saturated carbocycles. The molecule has 0 spiro atoms. The lowest BCUT2D eigenvalue weighted by atomic mass is 9.85. The van der Waals surface area contributed by atoms with E-state index in [2.05, 4.69) is 33.7 Å². The Bertz CT molecular complexity index is 362. The molecule has 1 atom stereocenters. The molecule has 96 valence electrons. The number of rotatable bonds is 5. The number of nitrogens with one attached hydrogen (secondary N) is 1. The van der Waals surface area contributed by atoms with Crippen molar-refractivity contribution in [3.05, 3.63) is 11.1 Å². The molecular formula is C11H20N4OS. The van der Waals surface area contributed by atoms with Crippen LogP contribution in [0.5, 0.6) is 0 Å². The van der Waals surface area contributed by atoms with Gasteiger partial charge in [0.1, 0.15) is 0 Å². The molecule has 6 heteroatoms. The van der Waals surface area contributed by atoms with Gasteiger partial charge >= 0.3 is 0 Å². The number of amides is 1. The molecule has 1 heterocycles. The smallest absolute Gasteiger partial charge is 0.272 e. The second-order valence-corrected chi connectivity index (χ2v) is 5.82. The standard InChI is InChI=1S/C11H20N4OS/c1-8(11(2,3)7-15(4)5)12-10(16)9-6-17-14-13-9/h6,8H,7H2,1-5H3,(H,12,16). The van der Waals surface area contributed by atoms with Crippen LogP contribution in [0, 0.1) is 5.41 Å². The van der Waals surface area contributed by atoms with E-state index in [1.54, 1.807) is 5.38 Å². The minimum absolute atomic E-state index is 0.00259. The quantitative estimate of drug-likeness (QED) is 0.861. The van der Waals surface area contributed by atoms with E-state index in [0.717, 1.165) is 6.54 Å². The molecule has 1 unspecified atom stereocenters. The summed E-state index contributed by atoms with van der Waals surface area (Å²) in [6.07, 6.45) is 0. The SMILES string of the molecule is CC(NC(=O)c1csnn1)C(C)(C)CN(C)C. The average molecular weight is 256 g/mol. The lowest BCUT2D eigenvalue weighted by Crippen LogP contribution is -2.47. The van der Waals surface area contributed by atoms with Gasteiger partial charge in [-0.05, 0) is 38.0 Å². The summed E-state index contributed by atoms with van der Waals surface area (Å²) in [5.41, 5.74) is 0.394. The first kappa shape index (κ1) is 14.1. The first-order valence-corrected chi connectivity index (χ1v) is 6.39. The molecule has 0 fully saturated rings. The molecule has 1 N–H and O–H groups in total. The maximum absolute atomic E-state index is 11.8. The molecule has 0 radical (unpaired) electrons. The van der Waals surface area contributed by atoms with E-state index in [4.69, 9.17) is 0 Å². The zero-order valence-corrected chi connectivity index (χ0v) is 11.8. The minimum Gasteiger partial charge on any atom is -0.348 e. The van der Waals surface area contributed by atoms with Gasteiger partial charge in [-0.2, -0.15) is 0 Å². The van der Waals surface area contributed by atoms with Crippen LogP contribution in [-0.2, 0) is 0 Å². The van der Waals surface area contributed by atoms with Crippen LogP contribution in [0.25, 0.3) is 0 Å². The molecule has 0 aromatic carbocycles.